The van der Waals surface area contributed by atoms with Crippen LogP contribution in [-0.2, 0) is 0 Å². The minimum absolute atomic E-state index is 0.986. The van der Waals surface area contributed by atoms with Crippen LogP contribution >= 0.6 is 0 Å². The second-order valence-electron chi connectivity index (χ2n) is 9.13. The largest absolute Gasteiger partial charge is 0.303 e. The van der Waals surface area contributed by atoms with Crippen LogP contribution in [0.4, 0.5) is 0 Å². The van der Waals surface area contributed by atoms with Crippen LogP contribution in [0.15, 0.2) is 12.2 Å². The maximum Gasteiger partial charge on any atom is 0.000966 e. The van der Waals surface area contributed by atoms with Crippen molar-refractivity contribution in [2.75, 3.05) is 19.6 Å². The van der Waals surface area contributed by atoms with E-state index in [9.17, 15) is 0 Å². The van der Waals surface area contributed by atoms with E-state index in [0.29, 0.717) is 0 Å². The zero-order valence-electron chi connectivity index (χ0n) is 18.5. The molecule has 0 saturated heterocycles. The summed E-state index contributed by atoms with van der Waals surface area (Å²) in [7, 11) is 0. The first-order valence-corrected chi connectivity index (χ1v) is 12.0. The van der Waals surface area contributed by atoms with Crippen molar-refractivity contribution in [2.24, 2.45) is 11.8 Å². The maximum absolute atomic E-state index is 4.01. The van der Waals surface area contributed by atoms with Gasteiger partial charge in [0.2, 0.25) is 0 Å². The fourth-order valence-corrected chi connectivity index (χ4v) is 4.54. The predicted molar refractivity (Wildman–Crippen MR) is 119 cm³/mol. The van der Waals surface area contributed by atoms with Gasteiger partial charge < -0.3 is 4.90 Å². The average molecular weight is 364 g/mol. The van der Waals surface area contributed by atoms with Crippen LogP contribution in [0, 0.1) is 11.8 Å². The van der Waals surface area contributed by atoms with Crippen LogP contribution in [0.25, 0.3) is 0 Å². The Bertz CT molecular complexity index is 327. The minimum atomic E-state index is 0.986. The Balaban J connectivity index is 2.21. The molecular formula is C25H49N. The molecule has 1 aliphatic rings. The average Bonchev–Trinajstić information content (AvgIpc) is 2.64. The van der Waals surface area contributed by atoms with E-state index in [1.807, 2.05) is 0 Å². The van der Waals surface area contributed by atoms with Gasteiger partial charge in [0.25, 0.3) is 0 Å². The molecule has 0 aromatic heterocycles. The van der Waals surface area contributed by atoms with Crippen LogP contribution in [0.3, 0.4) is 0 Å². The molecule has 0 bridgehead atoms. The predicted octanol–water partition coefficient (Wildman–Crippen LogP) is 8.00. The highest BCUT2D eigenvalue weighted by molar-refractivity contribution is 4.87. The third kappa shape index (κ3) is 12.2. The summed E-state index contributed by atoms with van der Waals surface area (Å²) in [6, 6.07) is 0. The fourth-order valence-electron chi connectivity index (χ4n) is 4.54. The molecule has 0 spiro atoms. The zero-order valence-corrected chi connectivity index (χ0v) is 18.5. The van der Waals surface area contributed by atoms with Gasteiger partial charge in [-0.2, -0.15) is 0 Å². The summed E-state index contributed by atoms with van der Waals surface area (Å²) in [5, 5.41) is 0. The topological polar surface area (TPSA) is 3.24 Å². The molecule has 1 heteroatoms. The molecule has 1 fully saturated rings. The number of nitrogens with zero attached hydrogens (tertiary/aromatic N) is 1. The SMILES string of the molecule is C=C(C)CCCCCCCN(CCCCCC)CC1CCC(CC)CC1. The molecule has 1 aliphatic carbocycles. The van der Waals surface area contributed by atoms with Crippen LogP contribution in [0.2, 0.25) is 0 Å². The summed E-state index contributed by atoms with van der Waals surface area (Å²) >= 11 is 0. The molecule has 0 N–H and O–H groups in total. The van der Waals surface area contributed by atoms with Gasteiger partial charge in [0.1, 0.15) is 0 Å². The number of unbranched alkanes of at least 4 members (excludes halogenated alkanes) is 7. The van der Waals surface area contributed by atoms with Gasteiger partial charge in [-0.15, -0.1) is 6.58 Å². The normalized spacial score (nSPS) is 20.6. The van der Waals surface area contributed by atoms with Gasteiger partial charge in [-0.25, -0.2) is 0 Å². The first-order valence-electron chi connectivity index (χ1n) is 12.0. The molecule has 0 heterocycles. The Labute approximate surface area is 166 Å². The Hall–Kier alpha value is -0.300. The van der Waals surface area contributed by atoms with Gasteiger partial charge >= 0.3 is 0 Å². The summed E-state index contributed by atoms with van der Waals surface area (Å²) < 4.78 is 0. The molecule has 154 valence electrons. The number of hydrogen-bond acceptors (Lipinski definition) is 1. The summed E-state index contributed by atoms with van der Waals surface area (Å²) in [4.78, 5) is 2.83. The Morgan fingerprint density at radius 2 is 1.31 bits per heavy atom. The summed E-state index contributed by atoms with van der Waals surface area (Å²) in [5.74, 6) is 2.02. The highest BCUT2D eigenvalue weighted by Crippen LogP contribution is 2.31. The monoisotopic (exact) mass is 363 g/mol. The third-order valence-electron chi connectivity index (χ3n) is 6.47. The summed E-state index contributed by atoms with van der Waals surface area (Å²) in [5.41, 5.74) is 1.35. The molecule has 0 aromatic carbocycles. The smallest absolute Gasteiger partial charge is 0.000966 e. The molecule has 26 heavy (non-hydrogen) atoms. The number of hydrogen-bond donors (Lipinski definition) is 0. The molecule has 1 nitrogen and oxygen atoms in total. The first kappa shape index (κ1) is 23.7. The van der Waals surface area contributed by atoms with Crippen molar-refractivity contribution in [1.29, 1.82) is 0 Å². The van der Waals surface area contributed by atoms with Gasteiger partial charge in [0, 0.05) is 6.54 Å². The van der Waals surface area contributed by atoms with Crippen molar-refractivity contribution < 1.29 is 0 Å². The molecule has 1 saturated carbocycles. The van der Waals surface area contributed by atoms with Crippen LogP contribution < -0.4 is 0 Å². The second-order valence-corrected chi connectivity index (χ2v) is 9.13. The lowest BCUT2D eigenvalue weighted by Crippen LogP contribution is -2.33. The summed E-state index contributed by atoms with van der Waals surface area (Å²) in [6.07, 6.45) is 21.2. The van der Waals surface area contributed by atoms with Gasteiger partial charge in [0.15, 0.2) is 0 Å². The molecule has 0 radical (unpaired) electrons. The molecule has 0 amide bonds. The Kier molecular flexibility index (Phi) is 14.4. The highest BCUT2D eigenvalue weighted by Gasteiger charge is 2.21. The summed E-state index contributed by atoms with van der Waals surface area (Å²) in [6.45, 7) is 14.9. The van der Waals surface area contributed by atoms with E-state index < -0.39 is 0 Å². The van der Waals surface area contributed by atoms with Crippen LogP contribution in [0.1, 0.15) is 117 Å². The molecule has 0 aliphatic heterocycles. The van der Waals surface area contributed by atoms with Crippen LogP contribution in [-0.4, -0.2) is 24.5 Å². The lowest BCUT2D eigenvalue weighted by Gasteiger charge is -2.32. The Morgan fingerprint density at radius 1 is 0.769 bits per heavy atom. The quantitative estimate of drug-likeness (QED) is 0.198. The van der Waals surface area contributed by atoms with E-state index in [4.69, 9.17) is 0 Å². The van der Waals surface area contributed by atoms with E-state index in [0.717, 1.165) is 11.8 Å². The number of allylic oxidation sites excluding steroid dienone is 1. The van der Waals surface area contributed by atoms with Crippen molar-refractivity contribution in [3.63, 3.8) is 0 Å². The highest BCUT2D eigenvalue weighted by atomic mass is 15.1. The van der Waals surface area contributed by atoms with Crippen molar-refractivity contribution >= 4 is 0 Å². The van der Waals surface area contributed by atoms with Gasteiger partial charge in [-0.3, -0.25) is 0 Å². The fraction of sp³-hybridized carbons (Fsp3) is 0.920. The third-order valence-corrected chi connectivity index (χ3v) is 6.47. The lowest BCUT2D eigenvalue weighted by molar-refractivity contribution is 0.173. The van der Waals surface area contributed by atoms with Crippen molar-refractivity contribution in [3.8, 4) is 0 Å². The van der Waals surface area contributed by atoms with Crippen molar-refractivity contribution in [1.82, 2.24) is 4.90 Å². The molecular weight excluding hydrogens is 314 g/mol. The number of rotatable bonds is 16. The molecule has 1 rings (SSSR count). The van der Waals surface area contributed by atoms with Crippen molar-refractivity contribution in [2.45, 2.75) is 117 Å². The maximum atomic E-state index is 4.01. The molecule has 0 unspecified atom stereocenters. The zero-order chi connectivity index (χ0) is 19.0. The minimum Gasteiger partial charge on any atom is -0.303 e. The first-order chi connectivity index (χ1) is 12.7. The van der Waals surface area contributed by atoms with E-state index in [1.165, 1.54) is 122 Å². The van der Waals surface area contributed by atoms with Crippen molar-refractivity contribution in [3.05, 3.63) is 12.2 Å². The Morgan fingerprint density at radius 3 is 1.88 bits per heavy atom. The van der Waals surface area contributed by atoms with Gasteiger partial charge in [0.05, 0.1) is 0 Å². The van der Waals surface area contributed by atoms with E-state index >= 15 is 0 Å². The molecule has 0 atom stereocenters. The van der Waals surface area contributed by atoms with E-state index in [-0.39, 0.29) is 0 Å². The van der Waals surface area contributed by atoms with E-state index in [1.54, 1.807) is 0 Å². The van der Waals surface area contributed by atoms with Gasteiger partial charge in [-0.05, 0) is 70.4 Å². The van der Waals surface area contributed by atoms with Crippen LogP contribution in [0.5, 0.6) is 0 Å². The van der Waals surface area contributed by atoms with Gasteiger partial charge in [-0.1, -0.05) is 77.2 Å². The lowest BCUT2D eigenvalue weighted by atomic mass is 9.80. The molecule has 0 aromatic rings. The van der Waals surface area contributed by atoms with E-state index in [2.05, 4.69) is 32.3 Å². The second kappa shape index (κ2) is 15.7. The standard InChI is InChI=1S/C25H49N/c1-5-7-8-13-20-26(21-14-11-9-10-12-15-23(3)4)22-25-18-16-24(6-2)17-19-25/h24-25H,3,5-22H2,1-2,4H3.